The molecule has 0 amide bonds. The van der Waals surface area contributed by atoms with Crippen LogP contribution in [0.4, 0.5) is 10.1 Å². The van der Waals surface area contributed by atoms with E-state index in [9.17, 15) is 4.39 Å². The van der Waals surface area contributed by atoms with Gasteiger partial charge in [0.2, 0.25) is 0 Å². The fourth-order valence-corrected chi connectivity index (χ4v) is 4.58. The maximum Gasteiger partial charge on any atom is 0.129 e. The van der Waals surface area contributed by atoms with Crippen molar-refractivity contribution in [2.45, 2.75) is 46.3 Å². The van der Waals surface area contributed by atoms with Gasteiger partial charge in [-0.05, 0) is 68.2 Å². The third kappa shape index (κ3) is 4.22. The van der Waals surface area contributed by atoms with Gasteiger partial charge in [-0.2, -0.15) is 0 Å². The summed E-state index contributed by atoms with van der Waals surface area (Å²) in [6.07, 6.45) is 3.14. The monoisotopic (exact) mass is 431 g/mol. The Hall–Kier alpha value is -3.27. The van der Waals surface area contributed by atoms with E-state index >= 15 is 0 Å². The first-order valence-electron chi connectivity index (χ1n) is 11.0. The Balaban J connectivity index is 1.87. The highest BCUT2D eigenvalue weighted by atomic mass is 19.1. The highest BCUT2D eigenvalue weighted by molar-refractivity contribution is 5.88. The van der Waals surface area contributed by atoms with E-state index in [1.54, 1.807) is 13.2 Å². The van der Waals surface area contributed by atoms with Crippen molar-refractivity contribution < 1.29 is 13.9 Å². The summed E-state index contributed by atoms with van der Waals surface area (Å²) in [5.41, 5.74) is 7.29. The van der Waals surface area contributed by atoms with Crippen molar-refractivity contribution in [2.75, 3.05) is 12.4 Å². The molecule has 1 N–H and O–H groups in total. The Bertz CT molecular complexity index is 1180. The fourth-order valence-electron chi connectivity index (χ4n) is 4.58. The van der Waals surface area contributed by atoms with Gasteiger partial charge in [0.25, 0.3) is 0 Å². The molecule has 0 saturated heterocycles. The molecule has 0 spiro atoms. The molecule has 4 rings (SSSR count). The highest BCUT2D eigenvalue weighted by Gasteiger charge is 2.27. The molecule has 0 saturated carbocycles. The molecule has 0 fully saturated rings. The molecule has 0 unspecified atom stereocenters. The van der Waals surface area contributed by atoms with E-state index in [4.69, 9.17) is 9.47 Å². The lowest BCUT2D eigenvalue weighted by molar-refractivity contribution is 0.303. The Kier molecular flexibility index (Phi) is 5.96. The van der Waals surface area contributed by atoms with Crippen LogP contribution in [0.15, 0.2) is 60.7 Å². The van der Waals surface area contributed by atoms with Crippen LogP contribution in [-0.2, 0) is 13.0 Å². The van der Waals surface area contributed by atoms with Crippen LogP contribution >= 0.6 is 0 Å². The van der Waals surface area contributed by atoms with Crippen molar-refractivity contribution in [1.29, 1.82) is 0 Å². The van der Waals surface area contributed by atoms with Gasteiger partial charge in [-0.3, -0.25) is 0 Å². The van der Waals surface area contributed by atoms with E-state index in [1.165, 1.54) is 23.3 Å². The van der Waals surface area contributed by atoms with Crippen molar-refractivity contribution >= 4 is 11.3 Å². The summed E-state index contributed by atoms with van der Waals surface area (Å²) < 4.78 is 25.8. The first-order valence-corrected chi connectivity index (χ1v) is 11.0. The molecule has 3 aromatic carbocycles. The topological polar surface area (TPSA) is 30.5 Å². The second-order valence-corrected chi connectivity index (χ2v) is 8.78. The highest BCUT2D eigenvalue weighted by Crippen LogP contribution is 2.43. The van der Waals surface area contributed by atoms with Crippen LogP contribution in [0.1, 0.15) is 44.4 Å². The number of para-hydroxylation sites is 1. The molecule has 1 aliphatic rings. The van der Waals surface area contributed by atoms with Crippen LogP contribution in [0.2, 0.25) is 0 Å². The molecule has 3 nitrogen and oxygen atoms in total. The molecular formula is C28H30FNO2. The molecule has 0 atom stereocenters. The molecular weight excluding hydrogens is 401 g/mol. The van der Waals surface area contributed by atoms with Gasteiger partial charge < -0.3 is 14.8 Å². The van der Waals surface area contributed by atoms with E-state index in [0.717, 1.165) is 40.1 Å². The largest absolute Gasteiger partial charge is 0.496 e. The number of allylic oxidation sites excluding steroid dienone is 1. The number of fused-ring (bicyclic) bond motifs is 1. The average Bonchev–Trinajstić information content (AvgIpc) is 2.76. The van der Waals surface area contributed by atoms with Gasteiger partial charge in [0.15, 0.2) is 0 Å². The SMILES string of the molecule is CCc1ccccc1OCc1c(-c2ccc(F)cc2OC)ccc2c1C(C)=CC(C)(C)N2. The van der Waals surface area contributed by atoms with Crippen LogP contribution in [-0.4, -0.2) is 12.6 Å². The Labute approximate surface area is 189 Å². The van der Waals surface area contributed by atoms with Gasteiger partial charge >= 0.3 is 0 Å². The predicted molar refractivity (Wildman–Crippen MR) is 130 cm³/mol. The quantitative estimate of drug-likeness (QED) is 0.446. The summed E-state index contributed by atoms with van der Waals surface area (Å²) in [5, 5.41) is 3.62. The molecule has 1 heterocycles. The van der Waals surface area contributed by atoms with Gasteiger partial charge in [-0.1, -0.05) is 37.3 Å². The maximum absolute atomic E-state index is 13.9. The van der Waals surface area contributed by atoms with E-state index < -0.39 is 0 Å². The second-order valence-electron chi connectivity index (χ2n) is 8.78. The van der Waals surface area contributed by atoms with Crippen molar-refractivity contribution in [3.63, 3.8) is 0 Å². The number of halogens is 1. The number of methoxy groups -OCH3 is 1. The van der Waals surface area contributed by atoms with Crippen LogP contribution in [0.5, 0.6) is 11.5 Å². The molecule has 32 heavy (non-hydrogen) atoms. The van der Waals surface area contributed by atoms with Crippen LogP contribution in [0, 0.1) is 5.82 Å². The average molecular weight is 432 g/mol. The van der Waals surface area contributed by atoms with Gasteiger partial charge in [0.1, 0.15) is 23.9 Å². The van der Waals surface area contributed by atoms with Crippen LogP contribution < -0.4 is 14.8 Å². The fraction of sp³-hybridized carbons (Fsp3) is 0.286. The summed E-state index contributed by atoms with van der Waals surface area (Å²) in [5.74, 6) is 1.07. The molecule has 1 aliphatic heterocycles. The van der Waals surface area contributed by atoms with Crippen molar-refractivity contribution in [1.82, 2.24) is 0 Å². The van der Waals surface area contributed by atoms with Crippen molar-refractivity contribution in [2.24, 2.45) is 0 Å². The second kappa shape index (κ2) is 8.70. The lowest BCUT2D eigenvalue weighted by Gasteiger charge is -2.33. The third-order valence-corrected chi connectivity index (χ3v) is 5.92. The van der Waals surface area contributed by atoms with Gasteiger partial charge in [-0.25, -0.2) is 4.39 Å². The molecule has 166 valence electrons. The molecule has 0 aromatic heterocycles. The number of hydrogen-bond acceptors (Lipinski definition) is 3. The Morgan fingerprint density at radius 1 is 0.969 bits per heavy atom. The number of nitrogens with one attached hydrogen (secondary N) is 1. The summed E-state index contributed by atoms with van der Waals surface area (Å²) >= 11 is 0. The van der Waals surface area contributed by atoms with Crippen molar-refractivity contribution in [3.8, 4) is 22.6 Å². The summed E-state index contributed by atoms with van der Waals surface area (Å²) in [7, 11) is 1.57. The van der Waals surface area contributed by atoms with E-state index in [2.05, 4.69) is 57.3 Å². The zero-order chi connectivity index (χ0) is 22.9. The maximum atomic E-state index is 13.9. The van der Waals surface area contributed by atoms with E-state index in [-0.39, 0.29) is 11.4 Å². The van der Waals surface area contributed by atoms with Crippen molar-refractivity contribution in [3.05, 3.63) is 83.2 Å². The smallest absolute Gasteiger partial charge is 0.129 e. The zero-order valence-corrected chi connectivity index (χ0v) is 19.4. The van der Waals surface area contributed by atoms with E-state index in [1.807, 2.05) is 18.2 Å². The van der Waals surface area contributed by atoms with E-state index in [0.29, 0.717) is 12.4 Å². The number of anilines is 1. The predicted octanol–water partition coefficient (Wildman–Crippen LogP) is 7.25. The minimum Gasteiger partial charge on any atom is -0.496 e. The Morgan fingerprint density at radius 2 is 1.72 bits per heavy atom. The molecule has 0 aliphatic carbocycles. The lowest BCUT2D eigenvalue weighted by Crippen LogP contribution is -2.32. The van der Waals surface area contributed by atoms with Gasteiger partial charge in [0, 0.05) is 28.4 Å². The summed E-state index contributed by atoms with van der Waals surface area (Å²) in [4.78, 5) is 0. The number of rotatable bonds is 6. The van der Waals surface area contributed by atoms with Gasteiger partial charge in [-0.15, -0.1) is 0 Å². The minimum absolute atomic E-state index is 0.140. The standard InChI is InChI=1S/C28H30FNO2/c1-6-19-9-7-8-10-25(19)32-17-23-21(22-12-11-20(29)15-26(22)31-5)13-14-24-27(23)18(2)16-28(3,4)30-24/h7-16,30H,6,17H2,1-5H3. The van der Waals surface area contributed by atoms with Crippen LogP contribution in [0.3, 0.4) is 0 Å². The zero-order valence-electron chi connectivity index (χ0n) is 19.4. The molecule has 0 radical (unpaired) electrons. The van der Waals surface area contributed by atoms with Crippen LogP contribution in [0.25, 0.3) is 16.7 Å². The number of aryl methyl sites for hydroxylation is 1. The molecule has 3 aromatic rings. The third-order valence-electron chi connectivity index (χ3n) is 5.92. The number of ether oxygens (including phenoxy) is 2. The molecule has 0 bridgehead atoms. The normalized spacial score (nSPS) is 14.2. The van der Waals surface area contributed by atoms with Gasteiger partial charge in [0.05, 0.1) is 12.6 Å². The number of benzene rings is 3. The Morgan fingerprint density at radius 3 is 2.47 bits per heavy atom. The summed E-state index contributed by atoms with van der Waals surface area (Å²) in [6, 6.07) is 17.0. The first-order chi connectivity index (χ1) is 15.3. The minimum atomic E-state index is -0.322. The molecule has 4 heteroatoms. The number of hydrogen-bond donors (Lipinski definition) is 1. The first kappa shape index (κ1) is 21.9. The summed E-state index contributed by atoms with van der Waals surface area (Å²) in [6.45, 7) is 8.97. The lowest BCUT2D eigenvalue weighted by atomic mass is 9.85.